The van der Waals surface area contributed by atoms with E-state index in [1.165, 1.54) is 12.1 Å². The first-order valence-electron chi connectivity index (χ1n) is 12.2. The normalized spacial score (nSPS) is 18.5. The second kappa shape index (κ2) is 10.8. The van der Waals surface area contributed by atoms with Crippen molar-refractivity contribution in [3.8, 4) is 0 Å². The molecule has 7 nitrogen and oxygen atoms in total. The predicted octanol–water partition coefficient (Wildman–Crippen LogP) is 3.82. The van der Waals surface area contributed by atoms with Crippen LogP contribution in [-0.4, -0.2) is 63.1 Å². The van der Waals surface area contributed by atoms with E-state index in [2.05, 4.69) is 27.2 Å². The van der Waals surface area contributed by atoms with Gasteiger partial charge in [0.15, 0.2) is 0 Å². The molecule has 1 aromatic heterocycles. The standard InChI is InChI=1S/C26H31F2N5O2/c1-34-8-4-29-16-18-11-22(24-3-2-5-33(24)21-14-19(27)13-20(28)15-21)26-23(12-18)30-17-25(31-26)32-6-9-35-10-7-32/h11-15,17,24,29H,2-10,16H2,1H3. The van der Waals surface area contributed by atoms with E-state index >= 15 is 0 Å². The summed E-state index contributed by atoms with van der Waals surface area (Å²) >= 11 is 0. The van der Waals surface area contributed by atoms with E-state index in [9.17, 15) is 8.78 Å². The number of nitrogens with one attached hydrogen (secondary N) is 1. The fraction of sp³-hybridized carbons (Fsp3) is 0.462. The highest BCUT2D eigenvalue weighted by atomic mass is 19.1. The van der Waals surface area contributed by atoms with Crippen LogP contribution in [0.4, 0.5) is 20.3 Å². The Morgan fingerprint density at radius 1 is 1.09 bits per heavy atom. The Morgan fingerprint density at radius 3 is 2.66 bits per heavy atom. The van der Waals surface area contributed by atoms with Crippen LogP contribution < -0.4 is 15.1 Å². The Hall–Kier alpha value is -2.88. The van der Waals surface area contributed by atoms with Crippen LogP contribution >= 0.6 is 0 Å². The minimum atomic E-state index is -0.569. The van der Waals surface area contributed by atoms with Gasteiger partial charge in [-0.1, -0.05) is 6.07 Å². The molecule has 0 bridgehead atoms. The molecule has 2 aromatic carbocycles. The number of halogens is 2. The van der Waals surface area contributed by atoms with Gasteiger partial charge in [0.2, 0.25) is 0 Å². The lowest BCUT2D eigenvalue weighted by atomic mass is 9.99. The lowest BCUT2D eigenvalue weighted by Crippen LogP contribution is -2.36. The van der Waals surface area contributed by atoms with Crippen LogP contribution in [0.5, 0.6) is 0 Å². The van der Waals surface area contributed by atoms with Gasteiger partial charge in [0.1, 0.15) is 17.5 Å². The van der Waals surface area contributed by atoms with E-state index in [4.69, 9.17) is 19.4 Å². The van der Waals surface area contributed by atoms with Crippen molar-refractivity contribution in [1.82, 2.24) is 15.3 Å². The number of methoxy groups -OCH3 is 1. The largest absolute Gasteiger partial charge is 0.383 e. The summed E-state index contributed by atoms with van der Waals surface area (Å²) in [5, 5.41) is 3.40. The summed E-state index contributed by atoms with van der Waals surface area (Å²) in [6.45, 7) is 5.64. The molecule has 2 aliphatic rings. The third kappa shape index (κ3) is 5.37. The molecule has 0 aliphatic carbocycles. The summed E-state index contributed by atoms with van der Waals surface area (Å²) < 4.78 is 38.8. The molecular weight excluding hydrogens is 452 g/mol. The highest BCUT2D eigenvalue weighted by molar-refractivity contribution is 5.81. The number of benzene rings is 2. The molecule has 0 amide bonds. The number of morpholine rings is 1. The van der Waals surface area contributed by atoms with Crippen molar-refractivity contribution in [1.29, 1.82) is 0 Å². The number of ether oxygens (including phenoxy) is 2. The summed E-state index contributed by atoms with van der Waals surface area (Å²) in [4.78, 5) is 14.1. The van der Waals surface area contributed by atoms with Gasteiger partial charge in [0.25, 0.3) is 0 Å². The third-order valence-corrected chi connectivity index (χ3v) is 6.66. The lowest BCUT2D eigenvalue weighted by Gasteiger charge is -2.30. The fourth-order valence-corrected chi connectivity index (χ4v) is 5.00. The molecule has 2 saturated heterocycles. The van der Waals surface area contributed by atoms with Crippen molar-refractivity contribution in [3.05, 3.63) is 59.3 Å². The number of hydrogen-bond acceptors (Lipinski definition) is 7. The predicted molar refractivity (Wildman–Crippen MR) is 132 cm³/mol. The molecule has 1 N–H and O–H groups in total. The van der Waals surface area contributed by atoms with Crippen molar-refractivity contribution >= 4 is 22.5 Å². The first kappa shape index (κ1) is 23.8. The molecule has 1 unspecified atom stereocenters. The molecule has 35 heavy (non-hydrogen) atoms. The van der Waals surface area contributed by atoms with E-state index in [1.54, 1.807) is 7.11 Å². The first-order chi connectivity index (χ1) is 17.1. The van der Waals surface area contributed by atoms with Gasteiger partial charge in [-0.15, -0.1) is 0 Å². The zero-order valence-electron chi connectivity index (χ0n) is 20.0. The molecule has 1 atom stereocenters. The van der Waals surface area contributed by atoms with Crippen LogP contribution in [0.3, 0.4) is 0 Å². The van der Waals surface area contributed by atoms with Gasteiger partial charge in [0.05, 0.1) is 43.1 Å². The van der Waals surface area contributed by atoms with Crippen molar-refractivity contribution in [3.63, 3.8) is 0 Å². The molecule has 3 heterocycles. The number of fused-ring (bicyclic) bond motifs is 1. The van der Waals surface area contributed by atoms with Gasteiger partial charge in [-0.25, -0.2) is 13.8 Å². The van der Waals surface area contributed by atoms with E-state index < -0.39 is 11.6 Å². The van der Waals surface area contributed by atoms with Crippen LogP contribution in [0.2, 0.25) is 0 Å². The zero-order valence-corrected chi connectivity index (χ0v) is 20.0. The molecular formula is C26H31F2N5O2. The monoisotopic (exact) mass is 483 g/mol. The second-order valence-electron chi connectivity index (χ2n) is 9.03. The van der Waals surface area contributed by atoms with E-state index in [1.807, 2.05) is 6.20 Å². The Morgan fingerprint density at radius 2 is 1.89 bits per heavy atom. The molecule has 0 radical (unpaired) electrons. The minimum Gasteiger partial charge on any atom is -0.383 e. The second-order valence-corrected chi connectivity index (χ2v) is 9.03. The van der Waals surface area contributed by atoms with Crippen molar-refractivity contribution in [2.45, 2.75) is 25.4 Å². The van der Waals surface area contributed by atoms with Gasteiger partial charge in [-0.2, -0.15) is 0 Å². The number of rotatable bonds is 8. The van der Waals surface area contributed by atoms with Gasteiger partial charge >= 0.3 is 0 Å². The number of aromatic nitrogens is 2. The zero-order chi connectivity index (χ0) is 24.2. The minimum absolute atomic E-state index is 0.0492. The van der Waals surface area contributed by atoms with E-state index in [-0.39, 0.29) is 6.04 Å². The molecule has 3 aromatic rings. The summed E-state index contributed by atoms with van der Waals surface area (Å²) in [5.74, 6) is -0.309. The van der Waals surface area contributed by atoms with Gasteiger partial charge in [-0.3, -0.25) is 4.98 Å². The van der Waals surface area contributed by atoms with Crippen molar-refractivity contribution in [2.75, 3.05) is 62.9 Å². The van der Waals surface area contributed by atoms with Gasteiger partial charge in [-0.05, 0) is 36.6 Å². The third-order valence-electron chi connectivity index (χ3n) is 6.66. The van der Waals surface area contributed by atoms with E-state index in [0.29, 0.717) is 32.1 Å². The average molecular weight is 484 g/mol. The van der Waals surface area contributed by atoms with Crippen LogP contribution in [0.25, 0.3) is 11.0 Å². The van der Waals surface area contributed by atoms with Crippen LogP contribution in [0.15, 0.2) is 36.5 Å². The van der Waals surface area contributed by atoms with Crippen LogP contribution in [-0.2, 0) is 16.0 Å². The smallest absolute Gasteiger partial charge is 0.148 e. The molecule has 0 spiro atoms. The SMILES string of the molecule is COCCNCc1cc(C2CCCN2c2cc(F)cc(F)c2)c2nc(N3CCOCC3)cnc2c1. The molecule has 2 aliphatic heterocycles. The summed E-state index contributed by atoms with van der Waals surface area (Å²) in [6, 6.07) is 7.91. The summed E-state index contributed by atoms with van der Waals surface area (Å²) in [7, 11) is 1.68. The number of hydrogen-bond donors (Lipinski definition) is 1. The summed E-state index contributed by atoms with van der Waals surface area (Å²) in [5.41, 5.74) is 4.34. The molecule has 2 fully saturated rings. The van der Waals surface area contributed by atoms with Crippen molar-refractivity contribution < 1.29 is 18.3 Å². The Kier molecular flexibility index (Phi) is 7.36. The maximum absolute atomic E-state index is 14.1. The van der Waals surface area contributed by atoms with Crippen LogP contribution in [0, 0.1) is 11.6 Å². The highest BCUT2D eigenvalue weighted by Crippen LogP contribution is 2.39. The maximum atomic E-state index is 14.1. The number of nitrogens with zero attached hydrogens (tertiary/aromatic N) is 4. The van der Waals surface area contributed by atoms with Gasteiger partial charge < -0.3 is 24.6 Å². The molecule has 0 saturated carbocycles. The first-order valence-corrected chi connectivity index (χ1v) is 12.2. The van der Waals surface area contributed by atoms with Crippen LogP contribution in [0.1, 0.15) is 30.0 Å². The molecule has 186 valence electrons. The maximum Gasteiger partial charge on any atom is 0.148 e. The average Bonchev–Trinajstić information content (AvgIpc) is 3.36. The lowest BCUT2D eigenvalue weighted by molar-refractivity contribution is 0.122. The molecule has 5 rings (SSSR count). The molecule has 9 heteroatoms. The van der Waals surface area contributed by atoms with Crippen molar-refractivity contribution in [2.24, 2.45) is 0 Å². The van der Waals surface area contributed by atoms with Gasteiger partial charge in [0, 0.05) is 57.2 Å². The highest BCUT2D eigenvalue weighted by Gasteiger charge is 2.30. The number of anilines is 2. The van der Waals surface area contributed by atoms with E-state index in [0.717, 1.165) is 73.1 Å². The Bertz CT molecular complexity index is 1150. The quantitative estimate of drug-likeness (QED) is 0.489. The Labute approximate surface area is 204 Å². The topological polar surface area (TPSA) is 62.8 Å². The Balaban J connectivity index is 1.55. The summed E-state index contributed by atoms with van der Waals surface area (Å²) in [6.07, 6.45) is 3.63. The fourth-order valence-electron chi connectivity index (χ4n) is 5.00.